The maximum absolute atomic E-state index is 13.6. The average molecular weight is 482 g/mol. The number of ether oxygens (including phenoxy) is 1. The number of nitrogens with zero attached hydrogens (tertiary/aromatic N) is 4. The molecule has 1 N–H and O–H groups in total. The number of nitrogens with one attached hydrogen (secondary N) is 1. The third kappa shape index (κ3) is 4.06. The highest BCUT2D eigenvalue weighted by Gasteiger charge is 2.38. The molecule has 4 aromatic rings. The number of methoxy groups -OCH3 is 1. The first-order valence-corrected chi connectivity index (χ1v) is 9.66. The standard InChI is InChI=1S/C20H12Cl2F3N5O2/c1-32-10-5-6-14-13(7-10)28-19(20(23,24)25)30(14)16-9-26-15(8-27-16)29-18(31)11-3-2-4-12(21)17(11)22/h2-9H,1H3,(H,26,29,31). The van der Waals surface area contributed by atoms with Crippen molar-refractivity contribution in [2.45, 2.75) is 6.18 Å². The zero-order valence-corrected chi connectivity index (χ0v) is 17.6. The first-order chi connectivity index (χ1) is 15.2. The van der Waals surface area contributed by atoms with Crippen molar-refractivity contribution in [1.82, 2.24) is 19.5 Å². The molecule has 7 nitrogen and oxygen atoms in total. The second-order valence-electron chi connectivity index (χ2n) is 6.44. The molecular formula is C20H12Cl2F3N5O2. The van der Waals surface area contributed by atoms with E-state index in [-0.39, 0.29) is 38.3 Å². The molecule has 0 saturated heterocycles. The van der Waals surface area contributed by atoms with Gasteiger partial charge in [0.1, 0.15) is 5.75 Å². The maximum Gasteiger partial charge on any atom is 0.450 e. The molecule has 164 valence electrons. The van der Waals surface area contributed by atoms with Gasteiger partial charge in [-0.05, 0) is 24.3 Å². The van der Waals surface area contributed by atoms with Gasteiger partial charge in [0.15, 0.2) is 11.6 Å². The van der Waals surface area contributed by atoms with E-state index in [0.717, 1.165) is 17.0 Å². The Morgan fingerprint density at radius 1 is 1.12 bits per heavy atom. The van der Waals surface area contributed by atoms with Crippen molar-refractivity contribution in [1.29, 1.82) is 0 Å². The molecule has 2 aromatic carbocycles. The van der Waals surface area contributed by atoms with E-state index in [1.807, 2.05) is 0 Å². The van der Waals surface area contributed by atoms with Crippen LogP contribution >= 0.6 is 23.2 Å². The molecule has 0 aliphatic rings. The van der Waals surface area contributed by atoms with Crippen molar-refractivity contribution in [2.24, 2.45) is 0 Å². The number of anilines is 1. The van der Waals surface area contributed by atoms with Gasteiger partial charge in [0.05, 0.1) is 46.1 Å². The lowest BCUT2D eigenvalue weighted by Crippen LogP contribution is -2.16. The molecule has 0 radical (unpaired) electrons. The number of alkyl halides is 3. The molecule has 0 spiro atoms. The van der Waals surface area contributed by atoms with Gasteiger partial charge in [-0.3, -0.25) is 9.36 Å². The molecule has 0 aliphatic heterocycles. The fraction of sp³-hybridized carbons (Fsp3) is 0.100. The molecule has 2 aromatic heterocycles. The van der Waals surface area contributed by atoms with Crippen LogP contribution in [0.25, 0.3) is 16.9 Å². The molecule has 32 heavy (non-hydrogen) atoms. The molecule has 4 rings (SSSR count). The molecule has 0 unspecified atom stereocenters. The van der Waals surface area contributed by atoms with Crippen molar-refractivity contribution in [3.63, 3.8) is 0 Å². The van der Waals surface area contributed by atoms with Crippen LogP contribution in [0.3, 0.4) is 0 Å². The highest BCUT2D eigenvalue weighted by molar-refractivity contribution is 6.44. The van der Waals surface area contributed by atoms with Gasteiger partial charge < -0.3 is 10.1 Å². The van der Waals surface area contributed by atoms with Gasteiger partial charge in [-0.2, -0.15) is 13.2 Å². The minimum atomic E-state index is -4.75. The monoisotopic (exact) mass is 481 g/mol. The highest BCUT2D eigenvalue weighted by atomic mass is 35.5. The number of aromatic nitrogens is 4. The lowest BCUT2D eigenvalue weighted by molar-refractivity contribution is -0.145. The number of halogens is 5. The number of hydrogen-bond donors (Lipinski definition) is 1. The van der Waals surface area contributed by atoms with Crippen LogP contribution in [-0.4, -0.2) is 32.5 Å². The molecule has 0 bridgehead atoms. The zero-order valence-electron chi connectivity index (χ0n) is 16.1. The van der Waals surface area contributed by atoms with Crippen LogP contribution in [0.2, 0.25) is 10.0 Å². The topological polar surface area (TPSA) is 81.9 Å². The predicted octanol–water partition coefficient (Wildman–Crippen LogP) is 5.40. The van der Waals surface area contributed by atoms with Crippen molar-refractivity contribution in [3.05, 3.63) is 70.2 Å². The van der Waals surface area contributed by atoms with Crippen molar-refractivity contribution in [2.75, 3.05) is 12.4 Å². The third-order valence-corrected chi connectivity index (χ3v) is 5.24. The van der Waals surface area contributed by atoms with Gasteiger partial charge in [0.25, 0.3) is 5.91 Å². The first-order valence-electron chi connectivity index (χ1n) is 8.90. The van der Waals surface area contributed by atoms with Crippen LogP contribution in [0.5, 0.6) is 5.75 Å². The molecule has 0 saturated carbocycles. The summed E-state index contributed by atoms with van der Waals surface area (Å²) in [5.41, 5.74) is 0.348. The van der Waals surface area contributed by atoms with E-state index >= 15 is 0 Å². The van der Waals surface area contributed by atoms with Crippen molar-refractivity contribution in [3.8, 4) is 11.6 Å². The smallest absolute Gasteiger partial charge is 0.450 e. The first kappa shape index (κ1) is 21.8. The molecule has 0 fully saturated rings. The largest absolute Gasteiger partial charge is 0.497 e. The maximum atomic E-state index is 13.6. The minimum Gasteiger partial charge on any atom is -0.497 e. The predicted molar refractivity (Wildman–Crippen MR) is 113 cm³/mol. The average Bonchev–Trinajstić information content (AvgIpc) is 3.15. The summed E-state index contributed by atoms with van der Waals surface area (Å²) in [5, 5.41) is 2.74. The Balaban J connectivity index is 1.70. The van der Waals surface area contributed by atoms with Gasteiger partial charge in [0.2, 0.25) is 5.82 Å². The van der Waals surface area contributed by atoms with Crippen LogP contribution in [0.1, 0.15) is 16.2 Å². The van der Waals surface area contributed by atoms with E-state index in [2.05, 4.69) is 20.3 Å². The van der Waals surface area contributed by atoms with E-state index < -0.39 is 17.9 Å². The van der Waals surface area contributed by atoms with E-state index in [1.165, 1.54) is 37.4 Å². The Hall–Kier alpha value is -3.37. The Labute approximate surface area is 188 Å². The Kier molecular flexibility index (Phi) is 5.66. The summed E-state index contributed by atoms with van der Waals surface area (Å²) in [6, 6.07) is 8.88. The zero-order chi connectivity index (χ0) is 23.0. The van der Waals surface area contributed by atoms with E-state index in [9.17, 15) is 18.0 Å². The SMILES string of the molecule is COc1ccc2c(c1)nc(C(F)(F)F)n2-c1cnc(NC(=O)c2cccc(Cl)c2Cl)cn1. The minimum absolute atomic E-state index is 0.00874. The highest BCUT2D eigenvalue weighted by Crippen LogP contribution is 2.34. The number of hydrogen-bond acceptors (Lipinski definition) is 5. The third-order valence-electron chi connectivity index (χ3n) is 4.42. The van der Waals surface area contributed by atoms with Crippen LogP contribution < -0.4 is 10.1 Å². The van der Waals surface area contributed by atoms with Crippen LogP contribution in [-0.2, 0) is 6.18 Å². The quantitative estimate of drug-likeness (QED) is 0.421. The number of fused-ring (bicyclic) bond motifs is 1. The molecule has 2 heterocycles. The summed E-state index contributed by atoms with van der Waals surface area (Å²) < 4.78 is 46.7. The van der Waals surface area contributed by atoms with Crippen molar-refractivity contribution >= 4 is 46.0 Å². The molecule has 0 aliphatic carbocycles. The van der Waals surface area contributed by atoms with Crippen molar-refractivity contribution < 1.29 is 22.7 Å². The van der Waals surface area contributed by atoms with Crippen LogP contribution in [0.15, 0.2) is 48.8 Å². The van der Waals surface area contributed by atoms with Gasteiger partial charge in [0, 0.05) is 6.07 Å². The number of benzene rings is 2. The molecule has 0 atom stereocenters. The van der Waals surface area contributed by atoms with Crippen LogP contribution in [0.4, 0.5) is 19.0 Å². The fourth-order valence-electron chi connectivity index (χ4n) is 2.97. The van der Waals surface area contributed by atoms with Crippen LogP contribution in [0, 0.1) is 0 Å². The lowest BCUT2D eigenvalue weighted by atomic mass is 10.2. The van der Waals surface area contributed by atoms with Gasteiger partial charge in [-0.25, -0.2) is 15.0 Å². The Morgan fingerprint density at radius 2 is 1.91 bits per heavy atom. The molecular weight excluding hydrogens is 470 g/mol. The second-order valence-corrected chi connectivity index (χ2v) is 7.22. The van der Waals surface area contributed by atoms with E-state index in [4.69, 9.17) is 27.9 Å². The summed E-state index contributed by atoms with van der Waals surface area (Å²) in [5.74, 6) is -1.54. The lowest BCUT2D eigenvalue weighted by Gasteiger charge is -2.11. The second kappa shape index (κ2) is 8.29. The summed E-state index contributed by atoms with van der Waals surface area (Å²) in [7, 11) is 1.40. The number of carbonyl (C=O) groups excluding carboxylic acids is 1. The van der Waals surface area contributed by atoms with E-state index in [1.54, 1.807) is 6.07 Å². The van der Waals surface area contributed by atoms with E-state index in [0.29, 0.717) is 5.75 Å². The number of carbonyl (C=O) groups is 1. The summed E-state index contributed by atoms with van der Waals surface area (Å²) in [4.78, 5) is 24.1. The summed E-state index contributed by atoms with van der Waals surface area (Å²) in [6.45, 7) is 0. The normalized spacial score (nSPS) is 11.6. The van der Waals surface area contributed by atoms with Gasteiger partial charge in [-0.15, -0.1) is 0 Å². The number of amides is 1. The Morgan fingerprint density at radius 3 is 2.56 bits per heavy atom. The number of imidazole rings is 1. The summed E-state index contributed by atoms with van der Waals surface area (Å²) >= 11 is 11.9. The Bertz CT molecular complexity index is 1320. The van der Waals surface area contributed by atoms with Gasteiger partial charge >= 0.3 is 6.18 Å². The summed E-state index contributed by atoms with van der Waals surface area (Å²) in [6.07, 6.45) is -2.53. The van der Waals surface area contributed by atoms with Gasteiger partial charge in [-0.1, -0.05) is 29.3 Å². The molecule has 1 amide bonds. The number of rotatable bonds is 4. The molecule has 12 heteroatoms. The fourth-order valence-corrected chi connectivity index (χ4v) is 3.36.